The number of nitrogens with one attached hydrogen (secondary N) is 1. The summed E-state index contributed by atoms with van der Waals surface area (Å²) in [5.41, 5.74) is 0. The highest BCUT2D eigenvalue weighted by molar-refractivity contribution is 5.11. The summed E-state index contributed by atoms with van der Waals surface area (Å²) in [5, 5.41) is 3.13. The first-order valence-corrected chi connectivity index (χ1v) is 5.76. The predicted molar refractivity (Wildman–Crippen MR) is 57.6 cm³/mol. The summed E-state index contributed by atoms with van der Waals surface area (Å²) in [6.45, 7) is 2.52. The van der Waals surface area contributed by atoms with Crippen LogP contribution < -0.4 is 5.32 Å². The Balaban J connectivity index is 2.01. The molecule has 0 spiro atoms. The van der Waals surface area contributed by atoms with Crippen LogP contribution in [0.4, 0.5) is 8.78 Å². The molecule has 0 saturated carbocycles. The van der Waals surface area contributed by atoms with Gasteiger partial charge in [-0.05, 0) is 38.4 Å². The average molecular weight is 229 g/mol. The van der Waals surface area contributed by atoms with Crippen LogP contribution in [0.25, 0.3) is 0 Å². The van der Waals surface area contributed by atoms with E-state index >= 15 is 0 Å². The Bertz CT molecular complexity index is 343. The van der Waals surface area contributed by atoms with E-state index in [2.05, 4.69) is 5.32 Å². The fourth-order valence-electron chi connectivity index (χ4n) is 2.14. The van der Waals surface area contributed by atoms with Gasteiger partial charge in [-0.3, -0.25) is 0 Å². The molecule has 1 aliphatic rings. The van der Waals surface area contributed by atoms with Crippen molar-refractivity contribution in [3.05, 3.63) is 23.7 Å². The Kier molecular flexibility index (Phi) is 3.28. The van der Waals surface area contributed by atoms with Gasteiger partial charge >= 0.3 is 5.92 Å². The largest absolute Gasteiger partial charge is 0.460 e. The second-order valence-corrected chi connectivity index (χ2v) is 4.47. The summed E-state index contributed by atoms with van der Waals surface area (Å²) < 4.78 is 32.7. The molecular weight excluding hydrogens is 212 g/mol. The Labute approximate surface area is 94.0 Å². The molecule has 1 fully saturated rings. The maximum absolute atomic E-state index is 13.8. The summed E-state index contributed by atoms with van der Waals surface area (Å²) in [4.78, 5) is 0. The van der Waals surface area contributed by atoms with Crippen LogP contribution in [-0.4, -0.2) is 12.6 Å². The van der Waals surface area contributed by atoms with Gasteiger partial charge in [0.1, 0.15) is 5.76 Å². The van der Waals surface area contributed by atoms with Gasteiger partial charge < -0.3 is 9.73 Å². The number of alkyl halides is 2. The van der Waals surface area contributed by atoms with Crippen molar-refractivity contribution in [2.45, 2.75) is 44.6 Å². The van der Waals surface area contributed by atoms with Crippen molar-refractivity contribution in [1.82, 2.24) is 5.32 Å². The van der Waals surface area contributed by atoms with Crippen molar-refractivity contribution >= 4 is 0 Å². The van der Waals surface area contributed by atoms with Gasteiger partial charge in [0.05, 0.1) is 0 Å². The third-order valence-electron chi connectivity index (χ3n) is 3.02. The van der Waals surface area contributed by atoms with Crippen LogP contribution in [0.2, 0.25) is 0 Å². The first-order chi connectivity index (χ1) is 7.58. The molecule has 0 bridgehead atoms. The monoisotopic (exact) mass is 229 g/mol. The number of hydrogen-bond acceptors (Lipinski definition) is 2. The van der Waals surface area contributed by atoms with Crippen LogP contribution in [0.15, 0.2) is 16.5 Å². The van der Waals surface area contributed by atoms with E-state index in [4.69, 9.17) is 4.42 Å². The van der Waals surface area contributed by atoms with Crippen LogP contribution in [0.5, 0.6) is 0 Å². The summed E-state index contributed by atoms with van der Waals surface area (Å²) >= 11 is 0. The van der Waals surface area contributed by atoms with E-state index in [9.17, 15) is 8.78 Å². The Morgan fingerprint density at radius 3 is 2.81 bits per heavy atom. The molecule has 1 aliphatic heterocycles. The maximum atomic E-state index is 13.8. The van der Waals surface area contributed by atoms with Gasteiger partial charge in [-0.15, -0.1) is 0 Å². The molecular formula is C12H17F2NO. The summed E-state index contributed by atoms with van der Waals surface area (Å²) in [6, 6.07) is 2.87. The number of halogens is 2. The van der Waals surface area contributed by atoms with Gasteiger partial charge in [0.2, 0.25) is 0 Å². The SMILES string of the molecule is Cc1ccc(C(F)(F)CC2CCCCN2)o1. The molecule has 2 rings (SSSR count). The number of rotatable bonds is 3. The molecule has 1 unspecified atom stereocenters. The number of aryl methyl sites for hydroxylation is 1. The third-order valence-corrected chi connectivity index (χ3v) is 3.02. The van der Waals surface area contributed by atoms with Gasteiger partial charge in [-0.2, -0.15) is 8.78 Å². The van der Waals surface area contributed by atoms with Gasteiger partial charge in [0, 0.05) is 12.5 Å². The zero-order valence-corrected chi connectivity index (χ0v) is 9.43. The molecule has 1 atom stereocenters. The van der Waals surface area contributed by atoms with Crippen LogP contribution >= 0.6 is 0 Å². The predicted octanol–water partition coefficient (Wildman–Crippen LogP) is 3.21. The lowest BCUT2D eigenvalue weighted by atomic mass is 9.98. The number of hydrogen-bond donors (Lipinski definition) is 1. The van der Waals surface area contributed by atoms with Gasteiger partial charge in [-0.25, -0.2) is 0 Å². The van der Waals surface area contributed by atoms with Crippen molar-refractivity contribution in [2.24, 2.45) is 0 Å². The summed E-state index contributed by atoms with van der Waals surface area (Å²) in [7, 11) is 0. The highest BCUT2D eigenvalue weighted by Crippen LogP contribution is 2.35. The van der Waals surface area contributed by atoms with Gasteiger partial charge in [0.15, 0.2) is 5.76 Å². The van der Waals surface area contributed by atoms with Gasteiger partial charge in [0.25, 0.3) is 0 Å². The zero-order chi connectivity index (χ0) is 11.6. The van der Waals surface area contributed by atoms with Crippen LogP contribution in [0.3, 0.4) is 0 Å². The van der Waals surface area contributed by atoms with Crippen molar-refractivity contribution in [1.29, 1.82) is 0 Å². The smallest absolute Gasteiger partial charge is 0.306 e. The molecule has 16 heavy (non-hydrogen) atoms. The van der Waals surface area contributed by atoms with Gasteiger partial charge in [-0.1, -0.05) is 6.42 Å². The number of piperidine rings is 1. The number of furan rings is 1. The second kappa shape index (κ2) is 4.53. The first-order valence-electron chi connectivity index (χ1n) is 5.76. The lowest BCUT2D eigenvalue weighted by molar-refractivity contribution is -0.0453. The molecule has 0 aliphatic carbocycles. The molecule has 0 radical (unpaired) electrons. The second-order valence-electron chi connectivity index (χ2n) is 4.47. The van der Waals surface area contributed by atoms with E-state index in [1.54, 1.807) is 13.0 Å². The van der Waals surface area contributed by atoms with E-state index in [1.807, 2.05) is 0 Å². The topological polar surface area (TPSA) is 25.2 Å². The Hall–Kier alpha value is -0.900. The first kappa shape index (κ1) is 11.6. The molecule has 1 aromatic heterocycles. The van der Waals surface area contributed by atoms with Crippen molar-refractivity contribution in [3.63, 3.8) is 0 Å². The molecule has 90 valence electrons. The van der Waals surface area contributed by atoms with Crippen molar-refractivity contribution < 1.29 is 13.2 Å². The zero-order valence-electron chi connectivity index (χ0n) is 9.43. The lowest BCUT2D eigenvalue weighted by Crippen LogP contribution is -2.37. The Morgan fingerprint density at radius 1 is 1.44 bits per heavy atom. The minimum Gasteiger partial charge on any atom is -0.460 e. The lowest BCUT2D eigenvalue weighted by Gasteiger charge is -2.26. The summed E-state index contributed by atoms with van der Waals surface area (Å²) in [6.07, 6.45) is 2.78. The average Bonchev–Trinajstić information content (AvgIpc) is 2.66. The van der Waals surface area contributed by atoms with E-state index in [-0.39, 0.29) is 18.2 Å². The maximum Gasteiger partial charge on any atom is 0.306 e. The van der Waals surface area contributed by atoms with Crippen molar-refractivity contribution in [3.8, 4) is 0 Å². The fraction of sp³-hybridized carbons (Fsp3) is 0.667. The van der Waals surface area contributed by atoms with Crippen LogP contribution in [-0.2, 0) is 5.92 Å². The molecule has 4 heteroatoms. The molecule has 1 aromatic rings. The van der Waals surface area contributed by atoms with E-state index in [0.717, 1.165) is 25.8 Å². The summed E-state index contributed by atoms with van der Waals surface area (Å²) in [5.74, 6) is -2.54. The third kappa shape index (κ3) is 2.61. The highest BCUT2D eigenvalue weighted by Gasteiger charge is 2.38. The highest BCUT2D eigenvalue weighted by atomic mass is 19.3. The quantitative estimate of drug-likeness (QED) is 0.861. The van der Waals surface area contributed by atoms with E-state index in [0.29, 0.717) is 5.76 Å². The minimum absolute atomic E-state index is 0.0887. The normalized spacial score (nSPS) is 22.3. The van der Waals surface area contributed by atoms with Crippen LogP contribution in [0.1, 0.15) is 37.2 Å². The van der Waals surface area contributed by atoms with E-state index in [1.165, 1.54) is 6.07 Å². The molecule has 2 heterocycles. The van der Waals surface area contributed by atoms with Crippen molar-refractivity contribution in [2.75, 3.05) is 6.54 Å². The standard InChI is InChI=1S/C12H17F2NO/c1-9-5-6-11(16-9)12(13,14)8-10-4-2-3-7-15-10/h5-6,10,15H,2-4,7-8H2,1H3. The Morgan fingerprint density at radius 2 is 2.25 bits per heavy atom. The fourth-order valence-corrected chi connectivity index (χ4v) is 2.14. The molecule has 2 nitrogen and oxygen atoms in total. The minimum atomic E-state index is -2.86. The molecule has 0 amide bonds. The molecule has 0 aromatic carbocycles. The van der Waals surface area contributed by atoms with Crippen LogP contribution in [0, 0.1) is 6.92 Å². The van der Waals surface area contributed by atoms with E-state index < -0.39 is 5.92 Å². The molecule has 1 saturated heterocycles. The molecule has 1 N–H and O–H groups in total.